The highest BCUT2D eigenvalue weighted by molar-refractivity contribution is 5.76. The molecule has 0 radical (unpaired) electrons. The lowest BCUT2D eigenvalue weighted by atomic mass is 10.1. The first kappa shape index (κ1) is 16.2. The first-order valence-electron chi connectivity index (χ1n) is 9.23. The van der Waals surface area contributed by atoms with Crippen LogP contribution >= 0.6 is 0 Å². The Morgan fingerprint density at radius 3 is 2.60 bits per heavy atom. The second kappa shape index (κ2) is 7.28. The average Bonchev–Trinajstić information content (AvgIpc) is 3.06. The molecule has 1 fully saturated rings. The van der Waals surface area contributed by atoms with Gasteiger partial charge in [-0.1, -0.05) is 31.2 Å². The molecule has 3 aromatic rings. The topological polar surface area (TPSA) is 39.1 Å². The largest absolute Gasteiger partial charge is 0.486 e. The number of imidazole rings is 1. The van der Waals surface area contributed by atoms with E-state index in [0.717, 1.165) is 49.4 Å². The summed E-state index contributed by atoms with van der Waals surface area (Å²) in [4.78, 5) is 4.85. The molecule has 4 rings (SSSR count). The molecule has 0 atom stereocenters. The second-order valence-electron chi connectivity index (χ2n) is 6.65. The van der Waals surface area contributed by atoms with E-state index >= 15 is 0 Å². The number of nitrogens with zero attached hydrogens (tertiary/aromatic N) is 2. The maximum Gasteiger partial charge on any atom is 0.148 e. The quantitative estimate of drug-likeness (QED) is 0.763. The van der Waals surface area contributed by atoms with Crippen LogP contribution in [0.15, 0.2) is 48.5 Å². The minimum absolute atomic E-state index is 0.495. The number of aromatic nitrogens is 2. The van der Waals surface area contributed by atoms with E-state index in [1.54, 1.807) is 0 Å². The molecule has 1 aliphatic heterocycles. The molecule has 0 unspecified atom stereocenters. The van der Waals surface area contributed by atoms with Crippen LogP contribution in [0.25, 0.3) is 11.0 Å². The van der Waals surface area contributed by atoms with E-state index in [-0.39, 0.29) is 0 Å². The Morgan fingerprint density at radius 1 is 1.08 bits per heavy atom. The molecule has 4 heteroatoms. The highest BCUT2D eigenvalue weighted by atomic mass is 16.5. The number of nitrogens with one attached hydrogen (secondary N) is 1. The van der Waals surface area contributed by atoms with Gasteiger partial charge >= 0.3 is 0 Å². The standard InChI is InChI=1S/C21H25N3O/c1-2-16-7-9-18(10-8-16)25-15-21-23-19-5-3-4-6-20(19)24(21)17-11-13-22-14-12-17/h3-10,17,22H,2,11-15H2,1H3. The lowest BCUT2D eigenvalue weighted by molar-refractivity contribution is 0.276. The van der Waals surface area contributed by atoms with Gasteiger partial charge in [-0.05, 0) is 62.2 Å². The minimum Gasteiger partial charge on any atom is -0.486 e. The van der Waals surface area contributed by atoms with Gasteiger partial charge in [0.25, 0.3) is 0 Å². The summed E-state index contributed by atoms with van der Waals surface area (Å²) >= 11 is 0. The molecule has 0 amide bonds. The van der Waals surface area contributed by atoms with Crippen molar-refractivity contribution in [1.29, 1.82) is 0 Å². The van der Waals surface area contributed by atoms with E-state index in [0.29, 0.717) is 12.6 Å². The summed E-state index contributed by atoms with van der Waals surface area (Å²) in [5.41, 5.74) is 3.60. The van der Waals surface area contributed by atoms with Crippen molar-refractivity contribution in [3.8, 4) is 5.75 Å². The summed E-state index contributed by atoms with van der Waals surface area (Å²) < 4.78 is 8.45. The van der Waals surface area contributed by atoms with Gasteiger partial charge in [0.1, 0.15) is 18.2 Å². The molecule has 2 aromatic carbocycles. The molecular formula is C21H25N3O. The Morgan fingerprint density at radius 2 is 1.84 bits per heavy atom. The van der Waals surface area contributed by atoms with E-state index in [1.807, 2.05) is 0 Å². The van der Waals surface area contributed by atoms with Crippen LogP contribution in [0.4, 0.5) is 0 Å². The van der Waals surface area contributed by atoms with Gasteiger partial charge in [-0.25, -0.2) is 4.98 Å². The number of fused-ring (bicyclic) bond motifs is 1. The number of hydrogen-bond donors (Lipinski definition) is 1. The SMILES string of the molecule is CCc1ccc(OCc2nc3ccccc3n2C2CCNCC2)cc1. The highest BCUT2D eigenvalue weighted by Gasteiger charge is 2.21. The predicted molar refractivity (Wildman–Crippen MR) is 101 cm³/mol. The predicted octanol–water partition coefficient (Wildman–Crippen LogP) is 4.10. The maximum absolute atomic E-state index is 6.05. The number of rotatable bonds is 5. The van der Waals surface area contributed by atoms with Crippen molar-refractivity contribution in [3.63, 3.8) is 0 Å². The molecule has 1 aliphatic rings. The lowest BCUT2D eigenvalue weighted by Crippen LogP contribution is -2.30. The zero-order chi connectivity index (χ0) is 17.1. The van der Waals surface area contributed by atoms with Crippen molar-refractivity contribution in [3.05, 3.63) is 59.9 Å². The molecule has 0 bridgehead atoms. The van der Waals surface area contributed by atoms with Crippen LogP contribution in [0.3, 0.4) is 0 Å². The minimum atomic E-state index is 0.495. The molecular weight excluding hydrogens is 310 g/mol. The fraction of sp³-hybridized carbons (Fsp3) is 0.381. The normalized spacial score (nSPS) is 15.6. The Hall–Kier alpha value is -2.33. The summed E-state index contributed by atoms with van der Waals surface area (Å²) in [5, 5.41) is 3.45. The van der Waals surface area contributed by atoms with Gasteiger partial charge in [0.05, 0.1) is 11.0 Å². The van der Waals surface area contributed by atoms with Crippen molar-refractivity contribution in [1.82, 2.24) is 14.9 Å². The number of ether oxygens (including phenoxy) is 1. The van der Waals surface area contributed by atoms with E-state index in [2.05, 4.69) is 65.3 Å². The Bertz CT molecular complexity index is 832. The molecule has 1 saturated heterocycles. The molecule has 0 spiro atoms. The van der Waals surface area contributed by atoms with Crippen LogP contribution in [0, 0.1) is 0 Å². The second-order valence-corrected chi connectivity index (χ2v) is 6.65. The monoisotopic (exact) mass is 335 g/mol. The van der Waals surface area contributed by atoms with Gasteiger partial charge in [0.15, 0.2) is 0 Å². The molecule has 2 heterocycles. The summed E-state index contributed by atoms with van der Waals surface area (Å²) in [6, 6.07) is 17.3. The first-order chi connectivity index (χ1) is 12.3. The fourth-order valence-electron chi connectivity index (χ4n) is 3.64. The van der Waals surface area contributed by atoms with Crippen molar-refractivity contribution in [2.75, 3.05) is 13.1 Å². The van der Waals surface area contributed by atoms with E-state index in [4.69, 9.17) is 9.72 Å². The average molecular weight is 335 g/mol. The van der Waals surface area contributed by atoms with Gasteiger partial charge in [0, 0.05) is 6.04 Å². The Labute approximate surface area is 148 Å². The molecule has 1 aromatic heterocycles. The molecule has 4 nitrogen and oxygen atoms in total. The first-order valence-corrected chi connectivity index (χ1v) is 9.23. The third-order valence-corrected chi connectivity index (χ3v) is 5.04. The molecule has 25 heavy (non-hydrogen) atoms. The summed E-state index contributed by atoms with van der Waals surface area (Å²) in [6.45, 7) is 4.80. The smallest absolute Gasteiger partial charge is 0.148 e. The van der Waals surface area contributed by atoms with Crippen LogP contribution < -0.4 is 10.1 Å². The van der Waals surface area contributed by atoms with Crippen molar-refractivity contribution >= 4 is 11.0 Å². The number of benzene rings is 2. The molecule has 130 valence electrons. The van der Waals surface area contributed by atoms with E-state index in [1.165, 1.54) is 11.1 Å². The van der Waals surface area contributed by atoms with Crippen molar-refractivity contribution in [2.24, 2.45) is 0 Å². The molecule has 0 saturated carbocycles. The molecule has 0 aliphatic carbocycles. The van der Waals surface area contributed by atoms with Crippen LogP contribution in [0.1, 0.15) is 37.2 Å². The zero-order valence-electron chi connectivity index (χ0n) is 14.7. The summed E-state index contributed by atoms with van der Waals surface area (Å²) in [5.74, 6) is 1.92. The van der Waals surface area contributed by atoms with Gasteiger partial charge in [-0.3, -0.25) is 0 Å². The Balaban J connectivity index is 1.61. The number of hydrogen-bond acceptors (Lipinski definition) is 3. The van der Waals surface area contributed by atoms with Crippen molar-refractivity contribution < 1.29 is 4.74 Å². The number of piperidine rings is 1. The fourth-order valence-corrected chi connectivity index (χ4v) is 3.64. The van der Waals surface area contributed by atoms with E-state index in [9.17, 15) is 0 Å². The molecule has 1 N–H and O–H groups in total. The van der Waals surface area contributed by atoms with E-state index < -0.39 is 0 Å². The summed E-state index contributed by atoms with van der Waals surface area (Å²) in [7, 11) is 0. The van der Waals surface area contributed by atoms with Crippen LogP contribution in [0.2, 0.25) is 0 Å². The Kier molecular flexibility index (Phi) is 4.70. The van der Waals surface area contributed by atoms with Crippen LogP contribution in [-0.2, 0) is 13.0 Å². The zero-order valence-corrected chi connectivity index (χ0v) is 14.7. The number of para-hydroxylation sites is 2. The lowest BCUT2D eigenvalue weighted by Gasteiger charge is -2.26. The number of aryl methyl sites for hydroxylation is 1. The van der Waals surface area contributed by atoms with Gasteiger partial charge in [0.2, 0.25) is 0 Å². The van der Waals surface area contributed by atoms with Gasteiger partial charge in [-0.2, -0.15) is 0 Å². The van der Waals surface area contributed by atoms with Crippen molar-refractivity contribution in [2.45, 2.75) is 38.8 Å². The third kappa shape index (κ3) is 3.40. The van der Waals surface area contributed by atoms with Crippen LogP contribution in [-0.4, -0.2) is 22.6 Å². The van der Waals surface area contributed by atoms with Crippen LogP contribution in [0.5, 0.6) is 5.75 Å². The van der Waals surface area contributed by atoms with Gasteiger partial charge in [-0.15, -0.1) is 0 Å². The van der Waals surface area contributed by atoms with Gasteiger partial charge < -0.3 is 14.6 Å². The maximum atomic E-state index is 6.05. The third-order valence-electron chi connectivity index (χ3n) is 5.04. The highest BCUT2D eigenvalue weighted by Crippen LogP contribution is 2.27. The summed E-state index contributed by atoms with van der Waals surface area (Å²) in [6.07, 6.45) is 3.32.